The van der Waals surface area contributed by atoms with Crippen molar-refractivity contribution in [3.63, 3.8) is 0 Å². The van der Waals surface area contributed by atoms with Crippen LogP contribution < -0.4 is 0 Å². The van der Waals surface area contributed by atoms with E-state index in [0.717, 1.165) is 16.5 Å². The molecule has 1 amide bonds. The first-order chi connectivity index (χ1) is 10.4. The van der Waals surface area contributed by atoms with Crippen LogP contribution in [0, 0.1) is 6.92 Å². The van der Waals surface area contributed by atoms with Crippen molar-refractivity contribution in [2.24, 2.45) is 0 Å². The second-order valence-electron chi connectivity index (χ2n) is 5.32. The summed E-state index contributed by atoms with van der Waals surface area (Å²) in [6.45, 7) is 1.35. The molecule has 1 aromatic carbocycles. The maximum Gasteiger partial charge on any atom is 0.416 e. The number of aromatic amines is 1. The summed E-state index contributed by atoms with van der Waals surface area (Å²) in [5.41, 5.74) is 1.88. The van der Waals surface area contributed by atoms with E-state index in [1.165, 1.54) is 4.90 Å². The second-order valence-corrected chi connectivity index (χ2v) is 5.32. The minimum absolute atomic E-state index is 0.116. The normalized spacial score (nSPS) is 19.6. The molecule has 22 heavy (non-hydrogen) atoms. The standard InChI is InChI=1S/C15H15F3N2O2/c1-9-10-4-2-3-5-11(10)19-13(9)14(21)20-6-7-22-12(8-20)15(16,17)18/h2-5,12,19H,6-8H2,1H3/t12-/m1/s1. The summed E-state index contributed by atoms with van der Waals surface area (Å²) in [4.78, 5) is 16.7. The molecule has 0 bridgehead atoms. The molecule has 2 aromatic rings. The zero-order valence-electron chi connectivity index (χ0n) is 11.9. The minimum Gasteiger partial charge on any atom is -0.365 e. The number of carbonyl (C=O) groups is 1. The number of ether oxygens (including phenoxy) is 1. The lowest BCUT2D eigenvalue weighted by molar-refractivity contribution is -0.233. The fraction of sp³-hybridized carbons (Fsp3) is 0.400. The fourth-order valence-electron chi connectivity index (χ4n) is 2.69. The molecule has 0 saturated carbocycles. The van der Waals surface area contributed by atoms with E-state index >= 15 is 0 Å². The highest BCUT2D eigenvalue weighted by Crippen LogP contribution is 2.27. The van der Waals surface area contributed by atoms with Crippen molar-refractivity contribution < 1.29 is 22.7 Å². The Labute approximate surface area is 124 Å². The quantitative estimate of drug-likeness (QED) is 0.880. The van der Waals surface area contributed by atoms with E-state index < -0.39 is 24.7 Å². The molecule has 1 aromatic heterocycles. The second kappa shape index (κ2) is 5.31. The molecule has 3 rings (SSSR count). The molecular weight excluding hydrogens is 297 g/mol. The maximum atomic E-state index is 12.8. The molecule has 1 atom stereocenters. The summed E-state index contributed by atoms with van der Waals surface area (Å²) in [5, 5.41) is 0.895. The average Bonchev–Trinajstić information content (AvgIpc) is 2.83. The van der Waals surface area contributed by atoms with Crippen LogP contribution in [0.25, 0.3) is 10.9 Å². The van der Waals surface area contributed by atoms with Gasteiger partial charge in [0.1, 0.15) is 5.69 Å². The van der Waals surface area contributed by atoms with Gasteiger partial charge in [0.05, 0.1) is 13.2 Å². The van der Waals surface area contributed by atoms with E-state index in [2.05, 4.69) is 4.98 Å². The smallest absolute Gasteiger partial charge is 0.365 e. The number of fused-ring (bicyclic) bond motifs is 1. The van der Waals surface area contributed by atoms with E-state index in [9.17, 15) is 18.0 Å². The summed E-state index contributed by atoms with van der Waals surface area (Å²) >= 11 is 0. The van der Waals surface area contributed by atoms with Gasteiger partial charge in [-0.1, -0.05) is 18.2 Å². The van der Waals surface area contributed by atoms with Gasteiger partial charge in [-0.05, 0) is 18.6 Å². The Bertz CT molecular complexity index is 708. The van der Waals surface area contributed by atoms with Gasteiger partial charge in [0, 0.05) is 17.4 Å². The molecule has 1 fully saturated rings. The summed E-state index contributed by atoms with van der Waals surface area (Å²) in [7, 11) is 0. The maximum absolute atomic E-state index is 12.8. The number of nitrogens with zero attached hydrogens (tertiary/aromatic N) is 1. The third kappa shape index (κ3) is 2.56. The Morgan fingerprint density at radius 2 is 2.09 bits per heavy atom. The monoisotopic (exact) mass is 312 g/mol. The number of aromatic nitrogens is 1. The van der Waals surface area contributed by atoms with E-state index in [4.69, 9.17) is 4.74 Å². The van der Waals surface area contributed by atoms with Gasteiger partial charge in [-0.25, -0.2) is 0 Å². The third-order valence-corrected chi connectivity index (χ3v) is 3.90. The number of carbonyl (C=O) groups excluding carboxylic acids is 1. The number of nitrogens with one attached hydrogen (secondary N) is 1. The third-order valence-electron chi connectivity index (χ3n) is 3.90. The van der Waals surface area contributed by atoms with Gasteiger partial charge in [-0.2, -0.15) is 13.2 Å². The molecule has 4 nitrogen and oxygen atoms in total. The van der Waals surface area contributed by atoms with Gasteiger partial charge in [0.15, 0.2) is 6.10 Å². The van der Waals surface area contributed by atoms with Crippen molar-refractivity contribution in [1.82, 2.24) is 9.88 Å². The van der Waals surface area contributed by atoms with Crippen molar-refractivity contribution >= 4 is 16.8 Å². The van der Waals surface area contributed by atoms with Gasteiger partial charge >= 0.3 is 6.18 Å². The number of amides is 1. The van der Waals surface area contributed by atoms with E-state index in [-0.39, 0.29) is 13.2 Å². The number of morpholine rings is 1. The lowest BCUT2D eigenvalue weighted by Crippen LogP contribution is -2.51. The Kier molecular flexibility index (Phi) is 3.60. The molecule has 1 saturated heterocycles. The molecule has 118 valence electrons. The van der Waals surface area contributed by atoms with Crippen molar-refractivity contribution in [2.45, 2.75) is 19.2 Å². The van der Waals surface area contributed by atoms with Gasteiger partial charge in [-0.3, -0.25) is 4.79 Å². The van der Waals surface area contributed by atoms with Crippen LogP contribution in [0.2, 0.25) is 0 Å². The first-order valence-electron chi connectivity index (χ1n) is 6.93. The number of H-pyrrole nitrogens is 1. The largest absolute Gasteiger partial charge is 0.416 e. The van der Waals surface area contributed by atoms with Crippen molar-refractivity contribution in [1.29, 1.82) is 0 Å². The zero-order chi connectivity index (χ0) is 15.9. The molecule has 1 aliphatic rings. The predicted octanol–water partition coefficient (Wildman–Crippen LogP) is 2.88. The minimum atomic E-state index is -4.46. The highest BCUT2D eigenvalue weighted by Gasteiger charge is 2.44. The number of hydrogen-bond acceptors (Lipinski definition) is 2. The number of halogens is 3. The van der Waals surface area contributed by atoms with Gasteiger partial charge in [-0.15, -0.1) is 0 Å². The summed E-state index contributed by atoms with van der Waals surface area (Å²) in [5.74, 6) is -0.425. The van der Waals surface area contributed by atoms with Gasteiger partial charge in [0.25, 0.3) is 5.91 Å². The number of aryl methyl sites for hydroxylation is 1. The Morgan fingerprint density at radius 3 is 2.77 bits per heavy atom. The van der Waals surface area contributed by atoms with Gasteiger partial charge < -0.3 is 14.6 Å². The topological polar surface area (TPSA) is 45.3 Å². The van der Waals surface area contributed by atoms with Crippen LogP contribution in [0.15, 0.2) is 24.3 Å². The Hall–Kier alpha value is -2.02. The van der Waals surface area contributed by atoms with Crippen LogP contribution in [-0.4, -0.2) is 47.8 Å². The average molecular weight is 312 g/mol. The van der Waals surface area contributed by atoms with Crippen LogP contribution in [0.5, 0.6) is 0 Å². The predicted molar refractivity (Wildman–Crippen MR) is 74.7 cm³/mol. The molecule has 1 N–H and O–H groups in total. The van der Waals surface area contributed by atoms with Crippen LogP contribution >= 0.6 is 0 Å². The van der Waals surface area contributed by atoms with E-state index in [1.807, 2.05) is 24.3 Å². The highest BCUT2D eigenvalue weighted by atomic mass is 19.4. The molecule has 2 heterocycles. The number of rotatable bonds is 1. The first kappa shape index (κ1) is 14.9. The van der Waals surface area contributed by atoms with Crippen LogP contribution in [0.4, 0.5) is 13.2 Å². The Balaban J connectivity index is 1.88. The number of hydrogen-bond donors (Lipinski definition) is 1. The number of benzene rings is 1. The fourth-order valence-corrected chi connectivity index (χ4v) is 2.69. The summed E-state index contributed by atoms with van der Waals surface area (Å²) < 4.78 is 43.0. The van der Waals surface area contributed by atoms with Crippen LogP contribution in [-0.2, 0) is 4.74 Å². The van der Waals surface area contributed by atoms with Crippen molar-refractivity contribution in [2.75, 3.05) is 19.7 Å². The molecular formula is C15H15F3N2O2. The van der Waals surface area contributed by atoms with E-state index in [1.54, 1.807) is 6.92 Å². The molecule has 0 spiro atoms. The van der Waals surface area contributed by atoms with Crippen LogP contribution in [0.1, 0.15) is 16.1 Å². The lowest BCUT2D eigenvalue weighted by Gasteiger charge is -2.33. The lowest BCUT2D eigenvalue weighted by atomic mass is 10.1. The first-order valence-corrected chi connectivity index (χ1v) is 6.93. The SMILES string of the molecule is Cc1c(C(=O)N2CCO[C@@H](C(F)(F)F)C2)[nH]c2ccccc12. The summed E-state index contributed by atoms with van der Waals surface area (Å²) in [6.07, 6.45) is -6.39. The molecule has 0 radical (unpaired) electrons. The molecule has 7 heteroatoms. The van der Waals surface area contributed by atoms with Gasteiger partial charge in [0.2, 0.25) is 0 Å². The van der Waals surface area contributed by atoms with E-state index in [0.29, 0.717) is 5.69 Å². The number of para-hydroxylation sites is 1. The Morgan fingerprint density at radius 1 is 1.36 bits per heavy atom. The number of alkyl halides is 3. The van der Waals surface area contributed by atoms with Crippen LogP contribution in [0.3, 0.4) is 0 Å². The molecule has 1 aliphatic heterocycles. The zero-order valence-corrected chi connectivity index (χ0v) is 11.9. The van der Waals surface area contributed by atoms with Crippen molar-refractivity contribution in [3.8, 4) is 0 Å². The molecule has 0 unspecified atom stereocenters. The van der Waals surface area contributed by atoms with Crippen molar-refractivity contribution in [3.05, 3.63) is 35.5 Å². The molecule has 0 aliphatic carbocycles. The summed E-state index contributed by atoms with van der Waals surface area (Å²) in [6, 6.07) is 7.39. The highest BCUT2D eigenvalue weighted by molar-refractivity contribution is 6.00.